The van der Waals surface area contributed by atoms with Crippen LogP contribution < -0.4 is 10.1 Å². The van der Waals surface area contributed by atoms with Crippen LogP contribution in [0.3, 0.4) is 0 Å². The van der Waals surface area contributed by atoms with Gasteiger partial charge in [0.1, 0.15) is 12.1 Å². The van der Waals surface area contributed by atoms with E-state index in [9.17, 15) is 8.78 Å². The lowest BCUT2D eigenvalue weighted by Gasteiger charge is -2.05. The molecule has 0 unspecified atom stereocenters. The molecule has 1 aromatic carbocycles. The minimum Gasteiger partial charge on any atom is -0.494 e. The first-order valence-electron chi connectivity index (χ1n) is 4.37. The smallest absolute Gasteiger partial charge is 0.167 e. The summed E-state index contributed by atoms with van der Waals surface area (Å²) in [7, 11) is 2.81. The number of ether oxygens (including phenoxy) is 1. The van der Waals surface area contributed by atoms with Gasteiger partial charge in [-0.05, 0) is 6.08 Å². The number of halogens is 2. The molecule has 0 saturated carbocycles. The van der Waals surface area contributed by atoms with Crippen LogP contribution in [0.25, 0.3) is 0 Å². The summed E-state index contributed by atoms with van der Waals surface area (Å²) in [6.07, 6.45) is 1.83. The van der Waals surface area contributed by atoms with Crippen molar-refractivity contribution in [3.05, 3.63) is 36.4 Å². The van der Waals surface area contributed by atoms with E-state index in [-0.39, 0.29) is 11.4 Å². The molecule has 0 atom stereocenters. The van der Waals surface area contributed by atoms with Gasteiger partial charge in [-0.3, -0.25) is 4.79 Å². The lowest BCUT2D eigenvalue weighted by Crippen LogP contribution is -1.96. The molecular formula is C11H13F2NO2. The molecule has 0 spiro atoms. The Labute approximate surface area is 92.7 Å². The van der Waals surface area contributed by atoms with E-state index in [4.69, 9.17) is 4.79 Å². The number of methoxy groups -OCH3 is 1. The number of aldehydes is 1. The molecule has 0 aliphatic rings. The van der Waals surface area contributed by atoms with E-state index < -0.39 is 11.6 Å². The maximum atomic E-state index is 12.9. The fraction of sp³-hybridized carbons (Fsp3) is 0.182. The molecule has 88 valence electrons. The first-order valence-corrected chi connectivity index (χ1v) is 4.37. The summed E-state index contributed by atoms with van der Waals surface area (Å²) in [5.74, 6) is -1.20. The normalized spacial score (nSPS) is 8.50. The monoisotopic (exact) mass is 229 g/mol. The molecule has 0 saturated heterocycles. The van der Waals surface area contributed by atoms with Crippen LogP contribution in [0, 0.1) is 11.6 Å². The van der Waals surface area contributed by atoms with Crippen LogP contribution in [0.4, 0.5) is 14.5 Å². The molecule has 1 N–H and O–H groups in total. The van der Waals surface area contributed by atoms with E-state index in [1.165, 1.54) is 20.2 Å². The van der Waals surface area contributed by atoms with Crippen molar-refractivity contribution in [2.75, 3.05) is 19.5 Å². The number of carbonyl (C=O) groups excluding carboxylic acids is 1. The van der Waals surface area contributed by atoms with Gasteiger partial charge in [-0.2, -0.15) is 0 Å². The van der Waals surface area contributed by atoms with E-state index in [1.807, 2.05) is 0 Å². The molecule has 0 bridgehead atoms. The number of anilines is 1. The Morgan fingerprint density at radius 1 is 1.38 bits per heavy atom. The van der Waals surface area contributed by atoms with Crippen molar-refractivity contribution in [3.8, 4) is 5.75 Å². The minimum atomic E-state index is -0.580. The van der Waals surface area contributed by atoms with Gasteiger partial charge in [0.15, 0.2) is 11.6 Å². The highest BCUT2D eigenvalue weighted by Gasteiger charge is 2.08. The number of rotatable bonds is 3. The summed E-state index contributed by atoms with van der Waals surface area (Å²) in [6.45, 7) is 3.11. The minimum absolute atomic E-state index is 0.0912. The van der Waals surface area contributed by atoms with Gasteiger partial charge < -0.3 is 10.1 Å². The second kappa shape index (κ2) is 7.39. The summed E-state index contributed by atoms with van der Waals surface area (Å²) in [6, 6.07) is 2.05. The van der Waals surface area contributed by atoms with Gasteiger partial charge in [0.2, 0.25) is 0 Å². The van der Waals surface area contributed by atoms with Crippen LogP contribution in [-0.2, 0) is 4.79 Å². The van der Waals surface area contributed by atoms with Crippen molar-refractivity contribution < 1.29 is 18.3 Å². The highest BCUT2D eigenvalue weighted by atomic mass is 19.1. The maximum absolute atomic E-state index is 12.9. The summed E-state index contributed by atoms with van der Waals surface area (Å²) < 4.78 is 30.4. The van der Waals surface area contributed by atoms with Crippen LogP contribution in [0.15, 0.2) is 24.8 Å². The molecule has 0 aromatic heterocycles. The van der Waals surface area contributed by atoms with E-state index >= 15 is 0 Å². The van der Waals surface area contributed by atoms with Gasteiger partial charge in [0, 0.05) is 19.2 Å². The average Bonchev–Trinajstić information content (AvgIpc) is 2.31. The van der Waals surface area contributed by atoms with Gasteiger partial charge in [-0.15, -0.1) is 0 Å². The summed E-state index contributed by atoms with van der Waals surface area (Å²) in [5.41, 5.74) is 0.119. The van der Waals surface area contributed by atoms with Crippen LogP contribution >= 0.6 is 0 Å². The van der Waals surface area contributed by atoms with Crippen molar-refractivity contribution in [2.24, 2.45) is 0 Å². The van der Waals surface area contributed by atoms with Crippen LogP contribution in [-0.4, -0.2) is 20.4 Å². The summed E-state index contributed by atoms with van der Waals surface area (Å²) >= 11 is 0. The molecule has 0 aliphatic heterocycles. The molecular weight excluding hydrogens is 216 g/mol. The topological polar surface area (TPSA) is 38.3 Å². The zero-order valence-corrected chi connectivity index (χ0v) is 9.09. The van der Waals surface area contributed by atoms with Crippen LogP contribution in [0.5, 0.6) is 5.75 Å². The first kappa shape index (κ1) is 14.1. The number of hydrogen-bond donors (Lipinski definition) is 1. The summed E-state index contributed by atoms with van der Waals surface area (Å²) in [5, 5.41) is 2.52. The highest BCUT2D eigenvalue weighted by Crippen LogP contribution is 2.23. The Morgan fingerprint density at radius 2 is 1.94 bits per heavy atom. The van der Waals surface area contributed by atoms with E-state index in [0.717, 1.165) is 12.1 Å². The predicted molar refractivity (Wildman–Crippen MR) is 58.7 cm³/mol. The van der Waals surface area contributed by atoms with Crippen molar-refractivity contribution >= 4 is 12.0 Å². The van der Waals surface area contributed by atoms with Crippen molar-refractivity contribution in [3.63, 3.8) is 0 Å². The van der Waals surface area contributed by atoms with Gasteiger partial charge in [-0.25, -0.2) is 8.78 Å². The van der Waals surface area contributed by atoms with Crippen LogP contribution in [0.2, 0.25) is 0 Å². The lowest BCUT2D eigenvalue weighted by molar-refractivity contribution is -0.104. The van der Waals surface area contributed by atoms with Crippen molar-refractivity contribution in [1.82, 2.24) is 0 Å². The highest BCUT2D eigenvalue weighted by molar-refractivity contribution is 5.63. The predicted octanol–water partition coefficient (Wildman–Crippen LogP) is 2.39. The molecule has 1 aromatic rings. The Balaban J connectivity index is 0.000000487. The number of hydrogen-bond acceptors (Lipinski definition) is 3. The SMILES string of the molecule is C=CC=O.CNc1cc(F)c(OC)cc1F. The Hall–Kier alpha value is -1.91. The third-order valence-corrected chi connectivity index (χ3v) is 1.61. The van der Waals surface area contributed by atoms with E-state index in [0.29, 0.717) is 6.29 Å². The zero-order valence-electron chi connectivity index (χ0n) is 9.09. The van der Waals surface area contributed by atoms with E-state index in [2.05, 4.69) is 16.6 Å². The molecule has 1 rings (SSSR count). The van der Waals surface area contributed by atoms with Gasteiger partial charge in [0.25, 0.3) is 0 Å². The fourth-order valence-corrected chi connectivity index (χ4v) is 0.877. The second-order valence-electron chi connectivity index (χ2n) is 2.59. The van der Waals surface area contributed by atoms with E-state index in [1.54, 1.807) is 0 Å². The van der Waals surface area contributed by atoms with Crippen LogP contribution in [0.1, 0.15) is 0 Å². The number of allylic oxidation sites excluding steroid dienone is 1. The molecule has 16 heavy (non-hydrogen) atoms. The van der Waals surface area contributed by atoms with Gasteiger partial charge in [-0.1, -0.05) is 6.58 Å². The molecule has 0 radical (unpaired) electrons. The van der Waals surface area contributed by atoms with Crippen molar-refractivity contribution in [2.45, 2.75) is 0 Å². The Kier molecular flexibility index (Phi) is 6.51. The zero-order chi connectivity index (χ0) is 12.6. The first-order chi connectivity index (χ1) is 7.60. The molecule has 3 nitrogen and oxygen atoms in total. The lowest BCUT2D eigenvalue weighted by atomic mass is 10.3. The summed E-state index contributed by atoms with van der Waals surface area (Å²) in [4.78, 5) is 9.06. The molecule has 0 aliphatic carbocycles. The maximum Gasteiger partial charge on any atom is 0.167 e. The average molecular weight is 229 g/mol. The van der Waals surface area contributed by atoms with Gasteiger partial charge >= 0.3 is 0 Å². The number of carbonyl (C=O) groups is 1. The Morgan fingerprint density at radius 3 is 2.31 bits per heavy atom. The second-order valence-corrected chi connectivity index (χ2v) is 2.59. The third kappa shape index (κ3) is 4.08. The van der Waals surface area contributed by atoms with Gasteiger partial charge in [0.05, 0.1) is 12.8 Å². The quantitative estimate of drug-likeness (QED) is 0.638. The molecule has 0 fully saturated rings. The Bertz CT molecular complexity index is 331. The fourth-order valence-electron chi connectivity index (χ4n) is 0.877. The largest absolute Gasteiger partial charge is 0.494 e. The molecule has 0 amide bonds. The molecule has 0 heterocycles. The standard InChI is InChI=1S/C8H9F2NO.C3H4O/c1-11-7-3-6(10)8(12-2)4-5(7)9;1-2-3-4/h3-4,11H,1-2H3;2-3H,1H2. The number of benzene rings is 1. The third-order valence-electron chi connectivity index (χ3n) is 1.61. The number of nitrogens with one attached hydrogen (secondary N) is 1. The molecule has 5 heteroatoms. The van der Waals surface area contributed by atoms with Crippen molar-refractivity contribution in [1.29, 1.82) is 0 Å².